The predicted octanol–water partition coefficient (Wildman–Crippen LogP) is 3.87. The van der Waals surface area contributed by atoms with Crippen LogP contribution in [0.2, 0.25) is 0 Å². The van der Waals surface area contributed by atoms with Gasteiger partial charge in [0.15, 0.2) is 11.5 Å². The van der Waals surface area contributed by atoms with E-state index in [1.54, 1.807) is 7.11 Å². The normalized spacial score (nSPS) is 16.1. The van der Waals surface area contributed by atoms with Crippen LogP contribution in [-0.4, -0.2) is 62.6 Å². The van der Waals surface area contributed by atoms with E-state index in [0.717, 1.165) is 30.9 Å². The van der Waals surface area contributed by atoms with Gasteiger partial charge < -0.3 is 29.5 Å². The summed E-state index contributed by atoms with van der Waals surface area (Å²) in [5.41, 5.74) is 1.11. The van der Waals surface area contributed by atoms with E-state index in [2.05, 4.69) is 10.2 Å². The third-order valence-electron chi connectivity index (χ3n) is 5.70. The third kappa shape index (κ3) is 8.69. The highest BCUT2D eigenvalue weighted by molar-refractivity contribution is 5.43. The van der Waals surface area contributed by atoms with Crippen molar-refractivity contribution < 1.29 is 19.3 Å². The minimum atomic E-state index is -0.509. The second-order valence-corrected chi connectivity index (χ2v) is 8.36. The number of ether oxygens (including phenoxy) is 3. The Labute approximate surface area is 192 Å². The van der Waals surface area contributed by atoms with Crippen molar-refractivity contribution in [3.05, 3.63) is 54.1 Å². The molecule has 2 N–H and O–H groups in total. The van der Waals surface area contributed by atoms with Crippen LogP contribution in [0, 0.1) is 0 Å². The molecule has 1 atom stereocenters. The lowest BCUT2D eigenvalue weighted by Gasteiger charge is -2.26. The van der Waals surface area contributed by atoms with E-state index in [1.807, 2.05) is 48.5 Å². The number of hydrogen-bond donors (Lipinski definition) is 2. The minimum absolute atomic E-state index is 0.265. The highest BCUT2D eigenvalue weighted by Crippen LogP contribution is 2.28. The van der Waals surface area contributed by atoms with Gasteiger partial charge in [-0.05, 0) is 55.8 Å². The van der Waals surface area contributed by atoms with E-state index in [9.17, 15) is 5.11 Å². The van der Waals surface area contributed by atoms with Crippen LogP contribution in [-0.2, 0) is 6.54 Å². The van der Waals surface area contributed by atoms with Crippen LogP contribution >= 0.6 is 0 Å². The second-order valence-electron chi connectivity index (χ2n) is 8.36. The summed E-state index contributed by atoms with van der Waals surface area (Å²) in [6.45, 7) is 5.13. The fraction of sp³-hybridized carbons (Fsp3) is 0.538. The van der Waals surface area contributed by atoms with Crippen molar-refractivity contribution in [3.8, 4) is 17.2 Å². The zero-order valence-corrected chi connectivity index (χ0v) is 19.3. The number of nitrogens with zero attached hydrogens (tertiary/aromatic N) is 1. The molecule has 1 aliphatic heterocycles. The van der Waals surface area contributed by atoms with Gasteiger partial charge in [-0.1, -0.05) is 43.5 Å². The number of likely N-dealkylation sites (tertiary alicyclic amines) is 1. The zero-order chi connectivity index (χ0) is 22.4. The summed E-state index contributed by atoms with van der Waals surface area (Å²) in [6.07, 6.45) is 5.85. The van der Waals surface area contributed by atoms with Gasteiger partial charge in [0, 0.05) is 19.6 Å². The van der Waals surface area contributed by atoms with Crippen molar-refractivity contribution in [2.75, 3.05) is 46.5 Å². The highest BCUT2D eigenvalue weighted by atomic mass is 16.5. The summed E-state index contributed by atoms with van der Waals surface area (Å²) in [4.78, 5) is 2.36. The average molecular weight is 443 g/mol. The monoisotopic (exact) mass is 442 g/mol. The maximum Gasteiger partial charge on any atom is 0.161 e. The SMILES string of the molecule is COc1cc(CNCCOc2ccccc2)ccc1OC[C@@H](O)CN1CCCCCCC1. The summed E-state index contributed by atoms with van der Waals surface area (Å²) in [5.74, 6) is 2.23. The Morgan fingerprint density at radius 2 is 1.69 bits per heavy atom. The number of β-amino-alcohol motifs (C(OH)–C–C–N with tert-alkyl or cyclic N) is 1. The molecule has 6 heteroatoms. The molecule has 0 spiro atoms. The lowest BCUT2D eigenvalue weighted by Crippen LogP contribution is -2.37. The molecule has 176 valence electrons. The number of methoxy groups -OCH3 is 1. The molecule has 0 amide bonds. The molecule has 1 saturated heterocycles. The molecular weight excluding hydrogens is 404 g/mol. The van der Waals surface area contributed by atoms with Crippen LogP contribution in [0.15, 0.2) is 48.5 Å². The summed E-state index contributed by atoms with van der Waals surface area (Å²) in [7, 11) is 1.64. The first-order valence-corrected chi connectivity index (χ1v) is 11.8. The Bertz CT molecular complexity index is 764. The topological polar surface area (TPSA) is 63.2 Å². The van der Waals surface area contributed by atoms with Gasteiger partial charge in [-0.25, -0.2) is 0 Å². The van der Waals surface area contributed by atoms with Crippen molar-refractivity contribution in [2.45, 2.75) is 44.8 Å². The van der Waals surface area contributed by atoms with Crippen LogP contribution in [0.1, 0.15) is 37.7 Å². The summed E-state index contributed by atoms with van der Waals surface area (Å²) >= 11 is 0. The van der Waals surface area contributed by atoms with Crippen molar-refractivity contribution in [2.24, 2.45) is 0 Å². The summed E-state index contributed by atoms with van der Waals surface area (Å²) in [5, 5.41) is 13.8. The van der Waals surface area contributed by atoms with Gasteiger partial charge in [-0.2, -0.15) is 0 Å². The Kier molecular flexibility index (Phi) is 10.7. The smallest absolute Gasteiger partial charge is 0.161 e. The van der Waals surface area contributed by atoms with Crippen LogP contribution < -0.4 is 19.5 Å². The van der Waals surface area contributed by atoms with Gasteiger partial charge in [0.1, 0.15) is 25.1 Å². The molecule has 0 bridgehead atoms. The van der Waals surface area contributed by atoms with Gasteiger partial charge in [0.2, 0.25) is 0 Å². The van der Waals surface area contributed by atoms with Gasteiger partial charge in [0.05, 0.1) is 7.11 Å². The van der Waals surface area contributed by atoms with Crippen molar-refractivity contribution >= 4 is 0 Å². The van der Waals surface area contributed by atoms with Gasteiger partial charge in [-0.15, -0.1) is 0 Å². The predicted molar refractivity (Wildman–Crippen MR) is 128 cm³/mol. The van der Waals surface area contributed by atoms with Gasteiger partial charge >= 0.3 is 0 Å². The minimum Gasteiger partial charge on any atom is -0.493 e. The number of aliphatic hydroxyl groups excluding tert-OH is 1. The molecule has 32 heavy (non-hydrogen) atoms. The molecule has 1 fully saturated rings. The van der Waals surface area contributed by atoms with Crippen LogP contribution in [0.4, 0.5) is 0 Å². The van der Waals surface area contributed by atoms with E-state index >= 15 is 0 Å². The Hall–Kier alpha value is -2.28. The van der Waals surface area contributed by atoms with E-state index in [1.165, 1.54) is 32.1 Å². The average Bonchev–Trinajstić information content (AvgIpc) is 2.80. The van der Waals surface area contributed by atoms with E-state index in [4.69, 9.17) is 14.2 Å². The molecule has 3 rings (SSSR count). The van der Waals surface area contributed by atoms with Crippen LogP contribution in [0.5, 0.6) is 17.2 Å². The third-order valence-corrected chi connectivity index (χ3v) is 5.70. The molecular formula is C26H38N2O4. The first-order chi connectivity index (χ1) is 15.7. The quantitative estimate of drug-likeness (QED) is 0.487. The van der Waals surface area contributed by atoms with E-state index < -0.39 is 6.10 Å². The summed E-state index contributed by atoms with van der Waals surface area (Å²) < 4.78 is 17.1. The fourth-order valence-electron chi connectivity index (χ4n) is 3.96. The van der Waals surface area contributed by atoms with Crippen molar-refractivity contribution in [1.29, 1.82) is 0 Å². The molecule has 0 radical (unpaired) electrons. The van der Waals surface area contributed by atoms with Gasteiger partial charge in [-0.3, -0.25) is 0 Å². The first kappa shape index (κ1) is 24.4. The molecule has 0 aliphatic carbocycles. The number of aliphatic hydroxyl groups is 1. The molecule has 6 nitrogen and oxygen atoms in total. The standard InChI is InChI=1S/C26H38N2O4/c1-30-26-18-22(19-27-14-17-31-24-10-6-5-7-11-24)12-13-25(26)32-21-23(29)20-28-15-8-3-2-4-9-16-28/h5-7,10-13,18,23,27,29H,2-4,8-9,14-17,19-21H2,1H3/t23-/m0/s1. The molecule has 0 unspecified atom stereocenters. The molecule has 0 saturated carbocycles. The molecule has 0 aromatic heterocycles. The molecule has 2 aromatic carbocycles. The fourth-order valence-corrected chi connectivity index (χ4v) is 3.96. The van der Waals surface area contributed by atoms with Gasteiger partial charge in [0.25, 0.3) is 0 Å². The first-order valence-electron chi connectivity index (χ1n) is 11.8. The maximum absolute atomic E-state index is 10.5. The van der Waals surface area contributed by atoms with Crippen LogP contribution in [0.3, 0.4) is 0 Å². The molecule has 1 heterocycles. The Morgan fingerprint density at radius 1 is 0.938 bits per heavy atom. The second kappa shape index (κ2) is 14.0. The van der Waals surface area contributed by atoms with E-state index in [-0.39, 0.29) is 6.61 Å². The van der Waals surface area contributed by atoms with Crippen molar-refractivity contribution in [3.63, 3.8) is 0 Å². The summed E-state index contributed by atoms with van der Waals surface area (Å²) in [6, 6.07) is 15.7. The van der Waals surface area contributed by atoms with Crippen molar-refractivity contribution in [1.82, 2.24) is 10.2 Å². The highest BCUT2D eigenvalue weighted by Gasteiger charge is 2.15. The molecule has 2 aromatic rings. The Morgan fingerprint density at radius 3 is 2.44 bits per heavy atom. The molecule has 1 aliphatic rings. The number of hydrogen-bond acceptors (Lipinski definition) is 6. The largest absolute Gasteiger partial charge is 0.493 e. The lowest BCUT2D eigenvalue weighted by molar-refractivity contribution is 0.0645. The number of para-hydroxylation sites is 1. The lowest BCUT2D eigenvalue weighted by atomic mass is 10.1. The number of rotatable bonds is 12. The maximum atomic E-state index is 10.5. The number of nitrogens with one attached hydrogen (secondary N) is 1. The van der Waals surface area contributed by atoms with Crippen LogP contribution in [0.25, 0.3) is 0 Å². The zero-order valence-electron chi connectivity index (χ0n) is 19.3. The van der Waals surface area contributed by atoms with E-state index in [0.29, 0.717) is 31.2 Å². The Balaban J connectivity index is 1.39. The number of benzene rings is 2.